The van der Waals surface area contributed by atoms with Gasteiger partial charge in [0.2, 0.25) is 5.91 Å². The number of rotatable bonds is 3. The predicted molar refractivity (Wildman–Crippen MR) is 67.9 cm³/mol. The fourth-order valence-electron chi connectivity index (χ4n) is 2.12. The molecule has 1 N–H and O–H groups in total. The average molecular weight is 233 g/mol. The third-order valence-corrected chi connectivity index (χ3v) is 3.04. The van der Waals surface area contributed by atoms with E-state index in [1.807, 2.05) is 36.9 Å². The minimum atomic E-state index is -0.206. The highest BCUT2D eigenvalue weighted by Crippen LogP contribution is 2.12. The van der Waals surface area contributed by atoms with Gasteiger partial charge < -0.3 is 10.2 Å². The van der Waals surface area contributed by atoms with Gasteiger partial charge in [-0.1, -0.05) is 6.07 Å². The molecule has 1 saturated heterocycles. The van der Waals surface area contributed by atoms with E-state index in [9.17, 15) is 4.79 Å². The highest BCUT2D eigenvalue weighted by atomic mass is 16.2. The zero-order chi connectivity index (χ0) is 12.3. The monoisotopic (exact) mass is 233 g/mol. The van der Waals surface area contributed by atoms with Crippen LogP contribution in [0.15, 0.2) is 18.2 Å². The summed E-state index contributed by atoms with van der Waals surface area (Å²) in [6.45, 7) is 5.63. The molecule has 1 amide bonds. The average Bonchev–Trinajstić information content (AvgIpc) is 2.81. The standard InChI is InChI=1S/C13H19N3O/c1-10-6-5-7-12(14-10)15-11(2)13(17)16-8-3-4-9-16/h5-7,11H,3-4,8-9H2,1-2H3,(H,14,15). The fourth-order valence-corrected chi connectivity index (χ4v) is 2.12. The van der Waals surface area contributed by atoms with Gasteiger partial charge in [-0.05, 0) is 38.8 Å². The van der Waals surface area contributed by atoms with Crippen LogP contribution in [0.5, 0.6) is 0 Å². The largest absolute Gasteiger partial charge is 0.359 e. The van der Waals surface area contributed by atoms with Crippen LogP contribution in [0.4, 0.5) is 5.82 Å². The van der Waals surface area contributed by atoms with Crippen LogP contribution in [0.3, 0.4) is 0 Å². The zero-order valence-corrected chi connectivity index (χ0v) is 10.4. The Labute approximate surface area is 102 Å². The summed E-state index contributed by atoms with van der Waals surface area (Å²) in [6, 6.07) is 5.57. The lowest BCUT2D eigenvalue weighted by atomic mass is 10.3. The van der Waals surface area contributed by atoms with Gasteiger partial charge in [0.05, 0.1) is 0 Å². The maximum Gasteiger partial charge on any atom is 0.244 e. The molecule has 1 aromatic heterocycles. The Morgan fingerprint density at radius 1 is 1.41 bits per heavy atom. The van der Waals surface area contributed by atoms with Crippen molar-refractivity contribution in [3.05, 3.63) is 23.9 Å². The summed E-state index contributed by atoms with van der Waals surface area (Å²) in [4.78, 5) is 18.3. The van der Waals surface area contributed by atoms with E-state index < -0.39 is 0 Å². The molecule has 1 fully saturated rings. The Bertz CT molecular complexity index is 399. The van der Waals surface area contributed by atoms with Crippen molar-refractivity contribution >= 4 is 11.7 Å². The molecule has 0 aromatic carbocycles. The summed E-state index contributed by atoms with van der Waals surface area (Å²) in [5.74, 6) is 0.941. The first-order chi connectivity index (χ1) is 8.16. The van der Waals surface area contributed by atoms with Crippen molar-refractivity contribution in [2.24, 2.45) is 0 Å². The van der Waals surface area contributed by atoms with Gasteiger partial charge in [-0.15, -0.1) is 0 Å². The second kappa shape index (κ2) is 5.17. The Morgan fingerprint density at radius 2 is 2.12 bits per heavy atom. The number of aromatic nitrogens is 1. The SMILES string of the molecule is Cc1cccc(NC(C)C(=O)N2CCCC2)n1. The van der Waals surface area contributed by atoms with Crippen LogP contribution >= 0.6 is 0 Å². The molecule has 0 saturated carbocycles. The van der Waals surface area contributed by atoms with Gasteiger partial charge in [-0.25, -0.2) is 4.98 Å². The van der Waals surface area contributed by atoms with Crippen LogP contribution in [0.25, 0.3) is 0 Å². The molecule has 0 aliphatic carbocycles. The van der Waals surface area contributed by atoms with Crippen LogP contribution < -0.4 is 5.32 Å². The zero-order valence-electron chi connectivity index (χ0n) is 10.4. The molecule has 1 unspecified atom stereocenters. The first kappa shape index (κ1) is 11.9. The van der Waals surface area contributed by atoms with Gasteiger partial charge in [0, 0.05) is 18.8 Å². The minimum Gasteiger partial charge on any atom is -0.359 e. The van der Waals surface area contributed by atoms with Crippen LogP contribution in [0, 0.1) is 6.92 Å². The van der Waals surface area contributed by atoms with Gasteiger partial charge in [0.1, 0.15) is 11.9 Å². The maximum atomic E-state index is 12.1. The first-order valence-electron chi connectivity index (χ1n) is 6.16. The lowest BCUT2D eigenvalue weighted by Gasteiger charge is -2.21. The summed E-state index contributed by atoms with van der Waals surface area (Å²) in [5, 5.41) is 3.16. The van der Waals surface area contributed by atoms with E-state index >= 15 is 0 Å². The molecule has 4 nitrogen and oxygen atoms in total. The number of amides is 1. The molecular weight excluding hydrogens is 214 g/mol. The molecule has 1 atom stereocenters. The number of aryl methyl sites for hydroxylation is 1. The van der Waals surface area contributed by atoms with Gasteiger partial charge in [-0.3, -0.25) is 4.79 Å². The van der Waals surface area contributed by atoms with E-state index in [4.69, 9.17) is 0 Å². The molecule has 2 heterocycles. The minimum absolute atomic E-state index is 0.172. The fraction of sp³-hybridized carbons (Fsp3) is 0.538. The second-order valence-corrected chi connectivity index (χ2v) is 4.56. The third kappa shape index (κ3) is 2.96. The van der Waals surface area contributed by atoms with E-state index in [0.29, 0.717) is 0 Å². The van der Waals surface area contributed by atoms with Crippen molar-refractivity contribution in [1.82, 2.24) is 9.88 Å². The summed E-state index contributed by atoms with van der Waals surface area (Å²) >= 11 is 0. The quantitative estimate of drug-likeness (QED) is 0.866. The molecule has 92 valence electrons. The molecule has 17 heavy (non-hydrogen) atoms. The number of carbonyl (C=O) groups excluding carboxylic acids is 1. The highest BCUT2D eigenvalue weighted by molar-refractivity contribution is 5.84. The van der Waals surface area contributed by atoms with Crippen LogP contribution in [0.1, 0.15) is 25.5 Å². The number of nitrogens with zero attached hydrogens (tertiary/aromatic N) is 2. The number of anilines is 1. The second-order valence-electron chi connectivity index (χ2n) is 4.56. The van der Waals surface area contributed by atoms with Gasteiger partial charge >= 0.3 is 0 Å². The van der Waals surface area contributed by atoms with Crippen molar-refractivity contribution in [3.8, 4) is 0 Å². The third-order valence-electron chi connectivity index (χ3n) is 3.04. The summed E-state index contributed by atoms with van der Waals surface area (Å²) in [6.07, 6.45) is 2.25. The normalized spacial score (nSPS) is 16.9. The number of nitrogens with one attached hydrogen (secondary N) is 1. The van der Waals surface area contributed by atoms with Crippen molar-refractivity contribution < 1.29 is 4.79 Å². The molecule has 1 aliphatic heterocycles. The van der Waals surface area contributed by atoms with E-state index in [2.05, 4.69) is 10.3 Å². The van der Waals surface area contributed by atoms with Crippen LogP contribution in [-0.4, -0.2) is 34.9 Å². The van der Waals surface area contributed by atoms with Crippen LogP contribution in [0.2, 0.25) is 0 Å². The molecule has 0 bridgehead atoms. The lowest BCUT2D eigenvalue weighted by Crippen LogP contribution is -2.39. The molecule has 0 radical (unpaired) electrons. The number of pyridine rings is 1. The predicted octanol–water partition coefficient (Wildman–Crippen LogP) is 1.81. The van der Waals surface area contributed by atoms with E-state index in [1.54, 1.807) is 0 Å². The molecule has 4 heteroatoms. The van der Waals surface area contributed by atoms with Gasteiger partial charge in [-0.2, -0.15) is 0 Å². The molecular formula is C13H19N3O. The number of hydrogen-bond donors (Lipinski definition) is 1. The maximum absolute atomic E-state index is 12.1. The molecule has 1 aromatic rings. The smallest absolute Gasteiger partial charge is 0.244 e. The Morgan fingerprint density at radius 3 is 2.76 bits per heavy atom. The molecule has 2 rings (SSSR count). The number of hydrogen-bond acceptors (Lipinski definition) is 3. The molecule has 1 aliphatic rings. The van der Waals surface area contributed by atoms with Gasteiger partial charge in [0.25, 0.3) is 0 Å². The van der Waals surface area contributed by atoms with E-state index in [1.165, 1.54) is 0 Å². The Kier molecular flexibility index (Phi) is 3.61. The van der Waals surface area contributed by atoms with E-state index in [0.717, 1.165) is 37.4 Å². The van der Waals surface area contributed by atoms with Crippen molar-refractivity contribution in [1.29, 1.82) is 0 Å². The lowest BCUT2D eigenvalue weighted by molar-refractivity contribution is -0.130. The van der Waals surface area contributed by atoms with Crippen molar-refractivity contribution in [3.63, 3.8) is 0 Å². The van der Waals surface area contributed by atoms with Crippen molar-refractivity contribution in [2.45, 2.75) is 32.7 Å². The van der Waals surface area contributed by atoms with Gasteiger partial charge in [0.15, 0.2) is 0 Å². The Hall–Kier alpha value is -1.58. The summed E-state index contributed by atoms with van der Waals surface area (Å²) < 4.78 is 0. The number of carbonyl (C=O) groups is 1. The first-order valence-corrected chi connectivity index (χ1v) is 6.16. The summed E-state index contributed by atoms with van der Waals surface area (Å²) in [7, 11) is 0. The van der Waals surface area contributed by atoms with E-state index in [-0.39, 0.29) is 11.9 Å². The number of likely N-dealkylation sites (tertiary alicyclic amines) is 1. The Balaban J connectivity index is 1.96. The molecule has 0 spiro atoms. The highest BCUT2D eigenvalue weighted by Gasteiger charge is 2.23. The topological polar surface area (TPSA) is 45.2 Å². The van der Waals surface area contributed by atoms with Crippen molar-refractivity contribution in [2.75, 3.05) is 18.4 Å². The summed E-state index contributed by atoms with van der Waals surface area (Å²) in [5.41, 5.74) is 0.954. The van der Waals surface area contributed by atoms with Crippen LogP contribution in [-0.2, 0) is 4.79 Å².